The van der Waals surface area contributed by atoms with Crippen molar-refractivity contribution in [3.05, 3.63) is 47.0 Å². The molecule has 0 bridgehead atoms. The molecule has 0 aromatic heterocycles. The van der Waals surface area contributed by atoms with Crippen LogP contribution in [0.25, 0.3) is 0 Å². The monoisotopic (exact) mass is 342 g/mol. The average molecular weight is 343 g/mol. The molecule has 0 aliphatic heterocycles. The second-order valence-electron chi connectivity index (χ2n) is 8.68. The fourth-order valence-corrected chi connectivity index (χ4v) is 4.74. The molecule has 138 valence electrons. The maximum Gasteiger partial charge on any atom is 0.126 e. The fourth-order valence-electron chi connectivity index (χ4n) is 4.74. The van der Waals surface area contributed by atoms with E-state index in [1.807, 2.05) is 13.0 Å². The minimum Gasteiger partial charge on any atom is -0.207 e. The Morgan fingerprint density at radius 2 is 1.64 bits per heavy atom. The molecule has 0 heterocycles. The average Bonchev–Trinajstić information content (AvgIpc) is 2.63. The van der Waals surface area contributed by atoms with Crippen molar-refractivity contribution in [2.75, 3.05) is 0 Å². The van der Waals surface area contributed by atoms with Crippen LogP contribution in [0.3, 0.4) is 0 Å². The van der Waals surface area contributed by atoms with Gasteiger partial charge in [0.25, 0.3) is 0 Å². The van der Waals surface area contributed by atoms with E-state index in [4.69, 9.17) is 0 Å². The van der Waals surface area contributed by atoms with Crippen LogP contribution in [0.4, 0.5) is 4.39 Å². The molecule has 1 aromatic carbocycles. The Kier molecular flexibility index (Phi) is 6.96. The van der Waals surface area contributed by atoms with Crippen molar-refractivity contribution in [3.63, 3.8) is 0 Å². The van der Waals surface area contributed by atoms with Crippen LogP contribution in [0, 0.1) is 30.5 Å². The maximum absolute atomic E-state index is 13.8. The highest BCUT2D eigenvalue weighted by atomic mass is 19.1. The quantitative estimate of drug-likeness (QED) is 0.464. The van der Waals surface area contributed by atoms with E-state index in [0.29, 0.717) is 5.92 Å². The summed E-state index contributed by atoms with van der Waals surface area (Å²) in [5.74, 6) is 5.03. The molecule has 1 aromatic rings. The number of halogens is 1. The van der Waals surface area contributed by atoms with Crippen molar-refractivity contribution in [1.29, 1.82) is 0 Å². The largest absolute Gasteiger partial charge is 0.207 e. The molecule has 0 N–H and O–H groups in total. The van der Waals surface area contributed by atoms with E-state index in [1.165, 1.54) is 82.6 Å². The Hall–Kier alpha value is -0.850. The summed E-state index contributed by atoms with van der Waals surface area (Å²) in [6.07, 6.45) is 16.2. The van der Waals surface area contributed by atoms with Gasteiger partial charge in [0.05, 0.1) is 0 Å². The van der Waals surface area contributed by atoms with Gasteiger partial charge in [0.15, 0.2) is 0 Å². The molecular weight excluding hydrogens is 307 g/mol. The third-order valence-electron chi connectivity index (χ3n) is 6.71. The topological polar surface area (TPSA) is 0 Å². The van der Waals surface area contributed by atoms with Gasteiger partial charge < -0.3 is 0 Å². The first kappa shape index (κ1) is 18.9. The van der Waals surface area contributed by atoms with Crippen molar-refractivity contribution in [2.24, 2.45) is 5.92 Å². The molecule has 0 amide bonds. The van der Waals surface area contributed by atoms with Gasteiger partial charge in [-0.1, -0.05) is 38.3 Å². The van der Waals surface area contributed by atoms with Crippen molar-refractivity contribution >= 4 is 0 Å². The van der Waals surface area contributed by atoms with Gasteiger partial charge in [0.1, 0.15) is 5.82 Å². The highest BCUT2D eigenvalue weighted by Crippen LogP contribution is 2.39. The molecule has 1 heteroatoms. The van der Waals surface area contributed by atoms with Gasteiger partial charge in [-0.3, -0.25) is 0 Å². The number of hydrogen-bond donors (Lipinski definition) is 0. The van der Waals surface area contributed by atoms with Crippen LogP contribution in [0.1, 0.15) is 101 Å². The zero-order valence-electron chi connectivity index (χ0n) is 16.2. The van der Waals surface area contributed by atoms with Crippen LogP contribution in [0.5, 0.6) is 0 Å². The van der Waals surface area contributed by atoms with Crippen molar-refractivity contribution in [3.8, 4) is 0 Å². The highest BCUT2D eigenvalue weighted by Gasteiger charge is 2.23. The van der Waals surface area contributed by atoms with Crippen LogP contribution in [0.15, 0.2) is 18.2 Å². The van der Waals surface area contributed by atoms with Crippen molar-refractivity contribution < 1.29 is 4.39 Å². The Morgan fingerprint density at radius 1 is 0.920 bits per heavy atom. The molecule has 2 aliphatic carbocycles. The van der Waals surface area contributed by atoms with Gasteiger partial charge >= 0.3 is 0 Å². The minimum atomic E-state index is -0.0391. The van der Waals surface area contributed by atoms with Crippen LogP contribution in [0.2, 0.25) is 0 Å². The van der Waals surface area contributed by atoms with E-state index >= 15 is 0 Å². The second-order valence-corrected chi connectivity index (χ2v) is 8.68. The molecule has 2 aliphatic rings. The lowest BCUT2D eigenvalue weighted by atomic mass is 9.76. The molecule has 2 fully saturated rings. The number of aryl methyl sites for hydroxylation is 1. The maximum atomic E-state index is 13.8. The summed E-state index contributed by atoms with van der Waals surface area (Å²) < 4.78 is 13.8. The molecule has 0 nitrogen and oxygen atoms in total. The first-order valence-electron chi connectivity index (χ1n) is 10.5. The molecule has 2 radical (unpaired) electrons. The van der Waals surface area contributed by atoms with Crippen molar-refractivity contribution in [1.82, 2.24) is 0 Å². The normalized spacial score (nSPS) is 21.7. The zero-order valence-corrected chi connectivity index (χ0v) is 16.2. The van der Waals surface area contributed by atoms with Crippen LogP contribution < -0.4 is 0 Å². The summed E-state index contributed by atoms with van der Waals surface area (Å²) >= 11 is 0. The highest BCUT2D eigenvalue weighted by molar-refractivity contribution is 5.27. The van der Waals surface area contributed by atoms with Gasteiger partial charge in [-0.05, 0) is 106 Å². The first-order valence-corrected chi connectivity index (χ1v) is 10.5. The molecule has 2 saturated carbocycles. The Labute approximate surface area is 154 Å². The zero-order chi connectivity index (χ0) is 17.6. The summed E-state index contributed by atoms with van der Waals surface area (Å²) in [6.45, 7) is 4.17. The number of unbranched alkanes of at least 4 members (excludes halogenated alkanes) is 1. The predicted molar refractivity (Wildman–Crippen MR) is 105 cm³/mol. The first-order chi connectivity index (χ1) is 12.1. The Bertz CT molecular complexity index is 519. The Balaban J connectivity index is 1.32. The lowest BCUT2D eigenvalue weighted by Gasteiger charge is -2.29. The molecular formula is C24H35F. The smallest absolute Gasteiger partial charge is 0.126 e. The third-order valence-corrected chi connectivity index (χ3v) is 6.71. The summed E-state index contributed by atoms with van der Waals surface area (Å²) in [6, 6.07) is 5.85. The van der Waals surface area contributed by atoms with Crippen LogP contribution in [-0.4, -0.2) is 0 Å². The number of benzene rings is 1. The van der Waals surface area contributed by atoms with E-state index < -0.39 is 0 Å². The molecule has 0 atom stereocenters. The standard InChI is InChI=1S/C24H35F/c1-18-7-10-20(11-8-18)5-3-4-6-21-12-15-22(16-13-21)23-14-9-19(2)24(25)17-23/h9,14,17,20,22H,3-8,10-13,15-16H2,1-2H3. The lowest BCUT2D eigenvalue weighted by Crippen LogP contribution is -2.13. The van der Waals surface area contributed by atoms with Gasteiger partial charge in [0, 0.05) is 0 Å². The van der Waals surface area contributed by atoms with Gasteiger partial charge in [-0.15, -0.1) is 0 Å². The fraction of sp³-hybridized carbons (Fsp3) is 0.667. The van der Waals surface area contributed by atoms with E-state index in [9.17, 15) is 4.39 Å². The molecule has 25 heavy (non-hydrogen) atoms. The SMILES string of the molecule is C[C]1CCC(CCCC[C]2CCC(c3ccc(C)c(F)c3)CC2)CC1. The van der Waals surface area contributed by atoms with Crippen LogP contribution >= 0.6 is 0 Å². The van der Waals surface area contributed by atoms with Crippen LogP contribution in [-0.2, 0) is 0 Å². The summed E-state index contributed by atoms with van der Waals surface area (Å²) in [5, 5.41) is 0. The van der Waals surface area contributed by atoms with Gasteiger partial charge in [-0.2, -0.15) is 0 Å². The van der Waals surface area contributed by atoms with Gasteiger partial charge in [-0.25, -0.2) is 4.39 Å². The lowest BCUT2D eigenvalue weighted by molar-refractivity contribution is 0.344. The summed E-state index contributed by atoms with van der Waals surface area (Å²) in [4.78, 5) is 0. The molecule has 3 rings (SSSR count). The number of hydrogen-bond acceptors (Lipinski definition) is 0. The predicted octanol–water partition coefficient (Wildman–Crippen LogP) is 7.71. The van der Waals surface area contributed by atoms with E-state index in [1.54, 1.807) is 17.9 Å². The molecule has 0 unspecified atom stereocenters. The second kappa shape index (κ2) is 9.19. The molecule has 0 saturated heterocycles. The summed E-state index contributed by atoms with van der Waals surface area (Å²) in [5.41, 5.74) is 1.98. The van der Waals surface area contributed by atoms with E-state index in [0.717, 1.165) is 11.5 Å². The third kappa shape index (κ3) is 5.56. The summed E-state index contributed by atoms with van der Waals surface area (Å²) in [7, 11) is 0. The van der Waals surface area contributed by atoms with Gasteiger partial charge in [0.2, 0.25) is 0 Å². The van der Waals surface area contributed by atoms with Crippen molar-refractivity contribution in [2.45, 2.75) is 96.8 Å². The van der Waals surface area contributed by atoms with E-state index in [2.05, 4.69) is 13.0 Å². The number of rotatable bonds is 6. The van der Waals surface area contributed by atoms with E-state index in [-0.39, 0.29) is 5.82 Å². The molecule has 0 spiro atoms. The minimum absolute atomic E-state index is 0.0391. The Morgan fingerprint density at radius 3 is 2.32 bits per heavy atom.